The molecule has 0 bridgehead atoms. The molecule has 0 spiro atoms. The fourth-order valence-electron chi connectivity index (χ4n) is 33.6. The number of carbonyl (C=O) groups is 6. The average molecular weight is 1890 g/mol. The summed E-state index contributed by atoms with van der Waals surface area (Å²) in [6, 6.07) is 0. The molecule has 16 nitrogen and oxygen atoms in total. The van der Waals surface area contributed by atoms with Crippen molar-refractivity contribution in [2.24, 2.45) is 147 Å². The van der Waals surface area contributed by atoms with Crippen LogP contribution in [-0.4, -0.2) is 113 Å². The van der Waals surface area contributed by atoms with E-state index in [-0.39, 0.29) is 126 Å². The zero-order valence-electron chi connectivity index (χ0n) is 89.7. The SMILES string of the molecule is C=C(C)[C@@H]1CC=C2C(=CC[C@]3(C)[C@@H]([C@@H](CCC=C(C)C)C(=O)O)[C@H](O)C[C@@]23C)[C@@]1(C)CCC(=O)O.C=C(CC[C@@H](C(=O)O)[C@H]1[C@H](O)C[C@@]2(C)C3=CC[C@@H](C(=C)C)[C@](C)(CCC(=O)O)C3=CC[C@]12C)C(C)C.CC(C)=CCCC(OC=O)[C@H]1CC[C@@]2(C)C3=CCC4C(C)(C)[C@@H](O)CC[C@]4(C)C3=CC[C@]12C.CC(C)=CCC[C@@H](C(=O)O)[C@H]1CC[C@@]2(C)C3=C(CC[C@]12C)[C@@]1(C)CC[C@H](O)C(C)(C)[C@@H]1CC3. The molecule has 0 radical (unpaired) electrons. The Morgan fingerprint density at radius 1 is 0.416 bits per heavy atom. The molecule has 2 unspecified atom stereocenters. The Morgan fingerprint density at radius 2 is 0.825 bits per heavy atom. The molecule has 6 saturated carbocycles. The summed E-state index contributed by atoms with van der Waals surface area (Å²) in [7, 11) is 0. The summed E-state index contributed by atoms with van der Waals surface area (Å²) in [6.45, 7) is 71.0. The molecule has 6 fully saturated rings. The van der Waals surface area contributed by atoms with Crippen LogP contribution in [0.1, 0.15) is 385 Å². The molecule has 14 aliphatic carbocycles. The summed E-state index contributed by atoms with van der Waals surface area (Å²) in [6.07, 6.45) is 44.9. The van der Waals surface area contributed by atoms with E-state index in [4.69, 9.17) is 4.74 Å². The highest BCUT2D eigenvalue weighted by Gasteiger charge is 2.71. The lowest BCUT2D eigenvalue weighted by Gasteiger charge is -2.62. The number of aliphatic carboxylic acids is 5. The normalized spacial score (nSPS) is 39.4. The second-order valence-corrected chi connectivity index (χ2v) is 51.6. The molecule has 9 N–H and O–H groups in total. The van der Waals surface area contributed by atoms with Crippen LogP contribution in [0.5, 0.6) is 0 Å². The number of aliphatic hydroxyl groups is 4. The zero-order chi connectivity index (χ0) is 102. The quantitative estimate of drug-likeness (QED) is 0.0239. The number of allylic oxidation sites excluding steroid dienone is 23. The highest BCUT2D eigenvalue weighted by atomic mass is 16.5. The number of carboxylic acids is 5. The van der Waals surface area contributed by atoms with Gasteiger partial charge >= 0.3 is 29.8 Å². The second-order valence-electron chi connectivity index (χ2n) is 51.6. The molecule has 16 heteroatoms. The van der Waals surface area contributed by atoms with E-state index in [1.54, 1.807) is 22.3 Å². The fourth-order valence-corrected chi connectivity index (χ4v) is 33.6. The van der Waals surface area contributed by atoms with E-state index in [0.29, 0.717) is 94.4 Å². The first-order chi connectivity index (χ1) is 63.5. The van der Waals surface area contributed by atoms with Crippen molar-refractivity contribution in [2.45, 2.75) is 416 Å². The van der Waals surface area contributed by atoms with Crippen molar-refractivity contribution in [1.29, 1.82) is 0 Å². The van der Waals surface area contributed by atoms with Gasteiger partial charge < -0.3 is 50.7 Å². The smallest absolute Gasteiger partial charge is 0.306 e. The van der Waals surface area contributed by atoms with Gasteiger partial charge in [0.05, 0.1) is 42.2 Å². The Balaban J connectivity index is 0.000000175. The minimum atomic E-state index is -0.845. The van der Waals surface area contributed by atoms with Gasteiger partial charge in [-0.25, -0.2) is 0 Å². The van der Waals surface area contributed by atoms with Crippen molar-refractivity contribution in [3.05, 3.63) is 152 Å². The van der Waals surface area contributed by atoms with E-state index in [2.05, 4.69) is 227 Å². The van der Waals surface area contributed by atoms with Crippen LogP contribution in [0.2, 0.25) is 0 Å². The van der Waals surface area contributed by atoms with Gasteiger partial charge in [0, 0.05) is 41.4 Å². The minimum Gasteiger partial charge on any atom is -0.481 e. The van der Waals surface area contributed by atoms with Crippen LogP contribution < -0.4 is 0 Å². The van der Waals surface area contributed by atoms with Crippen LogP contribution in [-0.2, 0) is 33.5 Å². The maximum atomic E-state index is 12.6. The van der Waals surface area contributed by atoms with Gasteiger partial charge in [-0.2, -0.15) is 0 Å². The van der Waals surface area contributed by atoms with Crippen molar-refractivity contribution in [3.8, 4) is 0 Å². The van der Waals surface area contributed by atoms with E-state index in [1.165, 1.54) is 45.4 Å². The van der Waals surface area contributed by atoms with Gasteiger partial charge in [0.25, 0.3) is 6.47 Å². The Kier molecular flexibility index (Phi) is 33.0. The number of carboxylic acid groups (broad SMARTS) is 5. The molecule has 0 aromatic carbocycles. The van der Waals surface area contributed by atoms with Crippen LogP contribution in [0, 0.1) is 147 Å². The highest BCUT2D eigenvalue weighted by molar-refractivity contribution is 5.73. The predicted octanol–water partition coefficient (Wildman–Crippen LogP) is 28.1. The zero-order valence-corrected chi connectivity index (χ0v) is 89.7. The number of fused-ring (bicyclic) bond motifs is 15. The van der Waals surface area contributed by atoms with Gasteiger partial charge in [0.2, 0.25) is 0 Å². The molecule has 0 saturated heterocycles. The molecule has 14 aliphatic rings. The van der Waals surface area contributed by atoms with Crippen LogP contribution in [0.15, 0.2) is 152 Å². The van der Waals surface area contributed by atoms with Gasteiger partial charge in [0.1, 0.15) is 6.10 Å². The van der Waals surface area contributed by atoms with Gasteiger partial charge in [0.15, 0.2) is 0 Å². The maximum Gasteiger partial charge on any atom is 0.306 e. The lowest BCUT2D eigenvalue weighted by molar-refractivity contribution is -0.149. The van der Waals surface area contributed by atoms with Crippen molar-refractivity contribution >= 4 is 36.3 Å². The Bertz CT molecular complexity index is 4930. The molecular weight excluding hydrogens is 1710 g/mol. The lowest BCUT2D eigenvalue weighted by Crippen LogP contribution is -2.55. The Morgan fingerprint density at radius 3 is 1.27 bits per heavy atom. The number of carbonyl (C=O) groups excluding carboxylic acids is 1. The van der Waals surface area contributed by atoms with Crippen LogP contribution >= 0.6 is 0 Å². The largest absolute Gasteiger partial charge is 0.481 e. The molecule has 0 heterocycles. The Labute approximate surface area is 826 Å². The number of rotatable bonds is 30. The highest BCUT2D eigenvalue weighted by Crippen LogP contribution is 2.77. The van der Waals surface area contributed by atoms with E-state index < -0.39 is 70.1 Å². The lowest BCUT2D eigenvalue weighted by atomic mass is 9.43. The monoisotopic (exact) mass is 1890 g/mol. The molecule has 14 rings (SSSR count). The van der Waals surface area contributed by atoms with Gasteiger partial charge in [-0.1, -0.05) is 244 Å². The Hall–Kier alpha value is -6.72. The maximum absolute atomic E-state index is 12.6. The third-order valence-corrected chi connectivity index (χ3v) is 42.8. The molecule has 28 atom stereocenters. The summed E-state index contributed by atoms with van der Waals surface area (Å²) < 4.78 is 5.77. The van der Waals surface area contributed by atoms with Gasteiger partial charge in [-0.05, 0) is 382 Å². The van der Waals surface area contributed by atoms with Crippen LogP contribution in [0.4, 0.5) is 0 Å². The average Bonchev–Trinajstić information content (AvgIpc) is 1.50. The first-order valence-electron chi connectivity index (χ1n) is 53.3. The first kappa shape index (κ1) is 111. The molecular formula is C121H184O16. The van der Waals surface area contributed by atoms with Crippen molar-refractivity contribution in [3.63, 3.8) is 0 Å². The van der Waals surface area contributed by atoms with E-state index in [1.807, 2.05) is 27.7 Å². The first-order valence-corrected chi connectivity index (χ1v) is 53.3. The molecule has 0 amide bonds. The summed E-state index contributed by atoms with van der Waals surface area (Å²) in [5, 5.41) is 94.1. The minimum absolute atomic E-state index is 0.0174. The summed E-state index contributed by atoms with van der Waals surface area (Å²) in [4.78, 5) is 72.0. The number of aliphatic hydroxyl groups excluding tert-OH is 4. The summed E-state index contributed by atoms with van der Waals surface area (Å²) >= 11 is 0. The predicted molar refractivity (Wildman–Crippen MR) is 552 cm³/mol. The topological polar surface area (TPSA) is 294 Å². The molecule has 0 aromatic rings. The number of hydrogen-bond acceptors (Lipinski definition) is 11. The second kappa shape index (κ2) is 40.8. The van der Waals surface area contributed by atoms with E-state index in [0.717, 1.165) is 139 Å². The number of ether oxygens (including phenoxy) is 1. The number of hydrogen-bond donors (Lipinski definition) is 9. The van der Waals surface area contributed by atoms with Crippen molar-refractivity contribution < 1.29 is 79.5 Å². The van der Waals surface area contributed by atoms with Crippen LogP contribution in [0.25, 0.3) is 0 Å². The van der Waals surface area contributed by atoms with E-state index >= 15 is 0 Å². The summed E-state index contributed by atoms with van der Waals surface area (Å²) in [5.41, 5.74) is 16.5. The third-order valence-electron chi connectivity index (χ3n) is 42.8. The molecule has 0 aliphatic heterocycles. The van der Waals surface area contributed by atoms with Crippen molar-refractivity contribution in [1.82, 2.24) is 0 Å². The van der Waals surface area contributed by atoms with Gasteiger partial charge in [-0.15, -0.1) is 0 Å². The standard InChI is InChI=1S/C31H46O5.C30H44O5.C30H46O3.C30H48O3/c1-18(2)20(5)9-10-21(28(35)36)27-25(32)17-31(8)24-12-11-22(19(3)4)29(6,15-14-26(33)34)23(24)13-16-30(27,31)7;1-18(2)9-8-10-20(27(34)35)26-24(31)17-30(7)23-12-11-21(19(3)4)28(5,15-14-25(32)33)22(23)13-16-29(26,30)6;1-20(2)9-8-10-24(33-19-31)23-14-18-29(6)22-11-12-25-27(3,4)26(32)15-16-28(25,5)21(22)13-17-30(23,29)7;1-19(2)9-8-10-20(26(32)33)21-13-17-30(7)23-11-12-24-27(3,4)25(31)15-16-28(24,5)22(23)14-18-29(21,30)6/h12-13,18,21-22,25,27,32H,3,5,9-11,14-17H2,1-2,4,6-8H3,(H,33,34)(H,35,36);9,12-13,20-21,24,26,31H,3,8,10-11,14-17H2,1-2,4-7H3,(H,32,33)(H,34,35);9,11,13,19,23-26,32H,8,10,12,14-18H2,1-7H3;9,20-21,24-25,31H,8,10-18H2,1-7H3,(H,32,33)/t21-,22+,25-,27+,29+,30-,31+;20-,21+,24-,26+,28+,29-,30+;23-,24?,25?,26+,28-,29+,30-;20-,21-,24+,25+,28-,29-,30+/m1111/s1. The van der Waals surface area contributed by atoms with E-state index in [9.17, 15) is 74.7 Å². The van der Waals surface area contributed by atoms with Crippen LogP contribution in [0.3, 0.4) is 0 Å². The molecule has 764 valence electrons. The fraction of sp³-hybridized carbons (Fsp3) is 0.736. The molecule has 0 aromatic heterocycles. The van der Waals surface area contributed by atoms with Gasteiger partial charge in [-0.3, -0.25) is 28.8 Å². The summed E-state index contributed by atoms with van der Waals surface area (Å²) in [5.74, 6) is -3.85. The van der Waals surface area contributed by atoms with Crippen molar-refractivity contribution in [2.75, 3.05) is 0 Å². The third kappa shape index (κ3) is 19.3. The molecule has 137 heavy (non-hydrogen) atoms.